The van der Waals surface area contributed by atoms with Gasteiger partial charge in [0.15, 0.2) is 0 Å². The molecule has 2 aromatic rings. The second-order valence-electron chi connectivity index (χ2n) is 4.96. The highest BCUT2D eigenvalue weighted by Crippen LogP contribution is 2.22. The van der Waals surface area contributed by atoms with Crippen molar-refractivity contribution in [2.24, 2.45) is 0 Å². The van der Waals surface area contributed by atoms with E-state index in [9.17, 15) is 14.4 Å². The largest absolute Gasteiger partial charge is 0.328 e. The van der Waals surface area contributed by atoms with E-state index in [0.717, 1.165) is 5.56 Å². The molecule has 0 atom stereocenters. The van der Waals surface area contributed by atoms with E-state index in [1.54, 1.807) is 19.1 Å². The molecular weight excluding hydrogens is 389 g/mol. The summed E-state index contributed by atoms with van der Waals surface area (Å²) < 4.78 is 0. The second kappa shape index (κ2) is 8.20. The van der Waals surface area contributed by atoms with Crippen LogP contribution in [-0.4, -0.2) is 17.7 Å². The highest BCUT2D eigenvalue weighted by molar-refractivity contribution is 6.42. The molecule has 0 unspecified atom stereocenters. The number of rotatable bonds is 2. The monoisotopic (exact) mass is 399 g/mol. The summed E-state index contributed by atoms with van der Waals surface area (Å²) >= 11 is 17.5. The maximum Gasteiger partial charge on any atom is 0.328 e. The maximum atomic E-state index is 11.9. The van der Waals surface area contributed by atoms with Crippen LogP contribution >= 0.6 is 34.8 Å². The molecule has 0 saturated heterocycles. The zero-order valence-corrected chi connectivity index (χ0v) is 15.1. The van der Waals surface area contributed by atoms with E-state index in [1.807, 2.05) is 5.43 Å². The average molecular weight is 401 g/mol. The zero-order chi connectivity index (χ0) is 18.6. The number of nitrogens with one attached hydrogen (secondary N) is 3. The first-order valence-electron chi connectivity index (χ1n) is 6.91. The Hall–Kier alpha value is -2.28. The Bertz CT molecular complexity index is 856. The molecule has 6 nitrogen and oxygen atoms in total. The van der Waals surface area contributed by atoms with Gasteiger partial charge in [-0.1, -0.05) is 40.9 Å². The van der Waals surface area contributed by atoms with E-state index in [4.69, 9.17) is 34.8 Å². The fourth-order valence-electron chi connectivity index (χ4n) is 1.74. The van der Waals surface area contributed by atoms with Gasteiger partial charge in [0.2, 0.25) is 0 Å². The van der Waals surface area contributed by atoms with Crippen LogP contribution in [0.3, 0.4) is 0 Å². The van der Waals surface area contributed by atoms with E-state index in [2.05, 4.69) is 10.7 Å². The summed E-state index contributed by atoms with van der Waals surface area (Å²) in [4.78, 5) is 35.4. The normalized spacial score (nSPS) is 10.1. The van der Waals surface area contributed by atoms with Gasteiger partial charge in [0, 0.05) is 16.3 Å². The molecule has 9 heteroatoms. The summed E-state index contributed by atoms with van der Waals surface area (Å²) in [7, 11) is 0. The van der Waals surface area contributed by atoms with Crippen molar-refractivity contribution in [3.8, 4) is 0 Å². The molecule has 0 spiro atoms. The summed E-state index contributed by atoms with van der Waals surface area (Å²) in [6.07, 6.45) is 0. The minimum atomic E-state index is -1.05. The van der Waals surface area contributed by atoms with Gasteiger partial charge in [-0.05, 0) is 42.8 Å². The molecule has 3 amide bonds. The van der Waals surface area contributed by atoms with Crippen molar-refractivity contribution >= 4 is 58.2 Å². The third kappa shape index (κ3) is 5.09. The smallest absolute Gasteiger partial charge is 0.318 e. The number of hydrogen-bond acceptors (Lipinski definition) is 3. The Balaban J connectivity index is 1.92. The molecule has 130 valence electrons. The number of aryl methyl sites for hydroxylation is 1. The van der Waals surface area contributed by atoms with Crippen molar-refractivity contribution in [3.05, 3.63) is 62.6 Å². The number of hydrazine groups is 1. The highest BCUT2D eigenvalue weighted by Gasteiger charge is 2.16. The highest BCUT2D eigenvalue weighted by atomic mass is 35.5. The fourth-order valence-corrected chi connectivity index (χ4v) is 2.22. The molecule has 0 aromatic heterocycles. The lowest BCUT2D eigenvalue weighted by Gasteiger charge is -2.09. The summed E-state index contributed by atoms with van der Waals surface area (Å²) in [5.41, 5.74) is 5.46. The Morgan fingerprint density at radius 1 is 0.800 bits per heavy atom. The molecule has 3 N–H and O–H groups in total. The summed E-state index contributed by atoms with van der Waals surface area (Å²) in [6.45, 7) is 1.80. The van der Waals surface area contributed by atoms with Gasteiger partial charge in [-0.15, -0.1) is 0 Å². The van der Waals surface area contributed by atoms with Gasteiger partial charge in [-0.2, -0.15) is 0 Å². The first kappa shape index (κ1) is 19.1. The van der Waals surface area contributed by atoms with Crippen LogP contribution in [0.15, 0.2) is 36.4 Å². The number of amides is 3. The maximum absolute atomic E-state index is 11.9. The molecule has 0 aliphatic rings. The summed E-state index contributed by atoms with van der Waals surface area (Å²) in [6, 6.07) is 9.00. The molecule has 0 aliphatic heterocycles. The van der Waals surface area contributed by atoms with Gasteiger partial charge in [0.1, 0.15) is 0 Å². The van der Waals surface area contributed by atoms with Crippen molar-refractivity contribution in [3.63, 3.8) is 0 Å². The first-order chi connectivity index (χ1) is 11.8. The molecule has 25 heavy (non-hydrogen) atoms. The second-order valence-corrected chi connectivity index (χ2v) is 6.18. The van der Waals surface area contributed by atoms with Crippen molar-refractivity contribution in [1.29, 1.82) is 0 Å². The molecule has 2 rings (SSSR count). The number of carbonyl (C=O) groups excluding carboxylic acids is 3. The number of carbonyl (C=O) groups is 3. The molecule has 0 radical (unpaired) electrons. The summed E-state index contributed by atoms with van der Waals surface area (Å²) in [5, 5.41) is 3.29. The van der Waals surface area contributed by atoms with Crippen molar-refractivity contribution < 1.29 is 14.4 Å². The van der Waals surface area contributed by atoms with Gasteiger partial charge in [0.05, 0.1) is 10.0 Å². The lowest BCUT2D eigenvalue weighted by Crippen LogP contribution is -2.46. The fraction of sp³-hybridized carbons (Fsp3) is 0.0625. The minimum absolute atomic E-state index is 0.167. The van der Waals surface area contributed by atoms with Gasteiger partial charge in [-0.25, -0.2) is 0 Å². The van der Waals surface area contributed by atoms with E-state index in [1.165, 1.54) is 24.3 Å². The molecule has 0 fully saturated rings. The Morgan fingerprint density at radius 3 is 2.16 bits per heavy atom. The molecule has 0 heterocycles. The van der Waals surface area contributed by atoms with Crippen LogP contribution in [0, 0.1) is 6.92 Å². The van der Waals surface area contributed by atoms with Crippen LogP contribution in [0.4, 0.5) is 5.69 Å². The average Bonchev–Trinajstić information content (AvgIpc) is 2.58. The predicted molar refractivity (Wildman–Crippen MR) is 96.9 cm³/mol. The molecule has 0 bridgehead atoms. The van der Waals surface area contributed by atoms with Crippen LogP contribution < -0.4 is 16.2 Å². The zero-order valence-electron chi connectivity index (χ0n) is 12.8. The van der Waals surface area contributed by atoms with Crippen molar-refractivity contribution in [2.45, 2.75) is 6.92 Å². The number of hydrogen-bond donors (Lipinski definition) is 3. The van der Waals surface area contributed by atoms with Crippen LogP contribution in [0.5, 0.6) is 0 Å². The topological polar surface area (TPSA) is 87.3 Å². The lowest BCUT2D eigenvalue weighted by atomic mass is 10.2. The van der Waals surface area contributed by atoms with E-state index in [0.29, 0.717) is 15.7 Å². The number of benzene rings is 2. The molecular formula is C16H12Cl3N3O3. The Kier molecular flexibility index (Phi) is 6.25. The lowest BCUT2D eigenvalue weighted by molar-refractivity contribution is -0.136. The van der Waals surface area contributed by atoms with E-state index in [-0.39, 0.29) is 10.6 Å². The van der Waals surface area contributed by atoms with Crippen molar-refractivity contribution in [2.75, 3.05) is 5.32 Å². The predicted octanol–water partition coefficient (Wildman–Crippen LogP) is 3.35. The van der Waals surface area contributed by atoms with Crippen LogP contribution in [0.1, 0.15) is 15.9 Å². The number of anilines is 1. The quantitative estimate of drug-likeness (QED) is 0.533. The van der Waals surface area contributed by atoms with Crippen molar-refractivity contribution in [1.82, 2.24) is 10.9 Å². The van der Waals surface area contributed by atoms with Gasteiger partial charge < -0.3 is 5.32 Å². The number of halogens is 3. The first-order valence-corrected chi connectivity index (χ1v) is 8.04. The van der Waals surface area contributed by atoms with Gasteiger partial charge in [0.25, 0.3) is 5.91 Å². The van der Waals surface area contributed by atoms with Crippen LogP contribution in [0.25, 0.3) is 0 Å². The van der Waals surface area contributed by atoms with E-state index >= 15 is 0 Å². The molecule has 2 aromatic carbocycles. The Labute approximate surface area is 158 Å². The third-order valence-corrected chi connectivity index (χ3v) is 4.25. The molecule has 0 aliphatic carbocycles. The molecule has 0 saturated carbocycles. The van der Waals surface area contributed by atoms with Gasteiger partial charge >= 0.3 is 11.8 Å². The van der Waals surface area contributed by atoms with Crippen LogP contribution in [0.2, 0.25) is 15.1 Å². The SMILES string of the molecule is Cc1ccc(NC(=O)C(=O)NNC(=O)c2ccc(Cl)c(Cl)c2)cc1Cl. The van der Waals surface area contributed by atoms with Gasteiger partial charge in [-0.3, -0.25) is 25.2 Å². The van der Waals surface area contributed by atoms with Crippen LogP contribution in [-0.2, 0) is 9.59 Å². The van der Waals surface area contributed by atoms with E-state index < -0.39 is 17.7 Å². The third-order valence-electron chi connectivity index (χ3n) is 3.11. The summed E-state index contributed by atoms with van der Waals surface area (Å²) in [5.74, 6) is -2.67. The standard InChI is InChI=1S/C16H12Cl3N3O3/c1-8-2-4-10(7-12(8)18)20-15(24)16(25)22-21-14(23)9-3-5-11(17)13(19)6-9/h2-7H,1H3,(H,20,24)(H,21,23)(H,22,25). The minimum Gasteiger partial charge on any atom is -0.318 e. The Morgan fingerprint density at radius 2 is 1.52 bits per heavy atom.